The predicted molar refractivity (Wildman–Crippen MR) is 79.9 cm³/mol. The maximum atomic E-state index is 13.8. The van der Waals surface area contributed by atoms with Gasteiger partial charge in [0, 0.05) is 12.0 Å². The Morgan fingerprint density at radius 3 is 2.70 bits per heavy atom. The van der Waals surface area contributed by atoms with Crippen molar-refractivity contribution >= 4 is 23.3 Å². The molecule has 1 saturated carbocycles. The van der Waals surface area contributed by atoms with Gasteiger partial charge in [-0.2, -0.15) is 0 Å². The number of hydrogen-bond acceptors (Lipinski definition) is 1. The van der Waals surface area contributed by atoms with E-state index >= 15 is 0 Å². The quantitative estimate of drug-likeness (QED) is 0.684. The largest absolute Gasteiger partial charge is 0.328 e. The summed E-state index contributed by atoms with van der Waals surface area (Å²) in [6, 6.07) is 15.9. The molecule has 0 saturated heterocycles. The highest BCUT2D eigenvalue weighted by Crippen LogP contribution is 2.52. The molecule has 1 heterocycles. The molecule has 2 unspecified atom stereocenters. The van der Waals surface area contributed by atoms with E-state index in [2.05, 4.69) is 33.8 Å². The van der Waals surface area contributed by atoms with Gasteiger partial charge in [-0.3, -0.25) is 0 Å². The van der Waals surface area contributed by atoms with Crippen LogP contribution in [0.4, 0.5) is 4.39 Å². The van der Waals surface area contributed by atoms with E-state index in [9.17, 15) is 4.39 Å². The molecule has 20 heavy (non-hydrogen) atoms. The van der Waals surface area contributed by atoms with Gasteiger partial charge in [0.05, 0.1) is 5.52 Å². The molecule has 1 fully saturated rings. The van der Waals surface area contributed by atoms with Crippen LogP contribution >= 0.6 is 12.2 Å². The Hall–Kier alpha value is -1.94. The third-order valence-electron chi connectivity index (χ3n) is 4.02. The first kappa shape index (κ1) is 11.9. The van der Waals surface area contributed by atoms with Gasteiger partial charge in [-0.15, -0.1) is 0 Å². The zero-order valence-corrected chi connectivity index (χ0v) is 11.5. The zero-order chi connectivity index (χ0) is 13.7. The molecule has 2 nitrogen and oxygen atoms in total. The third kappa shape index (κ3) is 1.72. The Morgan fingerprint density at radius 1 is 1.10 bits per heavy atom. The highest BCUT2D eigenvalue weighted by atomic mass is 32.1. The van der Waals surface area contributed by atoms with Crippen molar-refractivity contribution in [1.29, 1.82) is 0 Å². The molecule has 0 amide bonds. The monoisotopic (exact) mass is 284 g/mol. The highest BCUT2D eigenvalue weighted by molar-refractivity contribution is 7.71. The van der Waals surface area contributed by atoms with Gasteiger partial charge in [0.25, 0.3) is 0 Å². The number of H-pyrrole nitrogens is 1. The van der Waals surface area contributed by atoms with Crippen molar-refractivity contribution in [2.75, 3.05) is 0 Å². The van der Waals surface area contributed by atoms with Crippen LogP contribution < -0.4 is 0 Å². The fourth-order valence-electron chi connectivity index (χ4n) is 2.97. The van der Waals surface area contributed by atoms with Gasteiger partial charge in [0.15, 0.2) is 4.77 Å². The number of fused-ring (bicyclic) bond motifs is 1. The van der Waals surface area contributed by atoms with Gasteiger partial charge in [0.1, 0.15) is 11.3 Å². The van der Waals surface area contributed by atoms with Crippen molar-refractivity contribution in [3.8, 4) is 0 Å². The number of aromatic amines is 1. The smallest absolute Gasteiger partial charge is 0.178 e. The fourth-order valence-corrected chi connectivity index (χ4v) is 3.30. The van der Waals surface area contributed by atoms with Gasteiger partial charge < -0.3 is 9.55 Å². The zero-order valence-electron chi connectivity index (χ0n) is 10.7. The molecule has 4 rings (SSSR count). The van der Waals surface area contributed by atoms with Gasteiger partial charge in [-0.05, 0) is 36.3 Å². The summed E-state index contributed by atoms with van der Waals surface area (Å²) in [5, 5.41) is 0. The minimum Gasteiger partial charge on any atom is -0.328 e. The molecule has 1 aromatic heterocycles. The number of para-hydroxylation sites is 1. The van der Waals surface area contributed by atoms with Crippen molar-refractivity contribution in [3.05, 3.63) is 64.7 Å². The van der Waals surface area contributed by atoms with Crippen LogP contribution in [0.5, 0.6) is 0 Å². The van der Waals surface area contributed by atoms with Crippen molar-refractivity contribution < 1.29 is 4.39 Å². The third-order valence-corrected chi connectivity index (χ3v) is 4.32. The van der Waals surface area contributed by atoms with Crippen LogP contribution in [0.1, 0.15) is 23.9 Å². The van der Waals surface area contributed by atoms with Crippen molar-refractivity contribution in [2.24, 2.45) is 0 Å². The number of benzene rings is 2. The van der Waals surface area contributed by atoms with Crippen LogP contribution in [0.15, 0.2) is 48.5 Å². The standard InChI is InChI=1S/C16H13FN2S/c17-12-7-4-8-13-15(12)18-16(20)19(13)14-9-11(14)10-5-2-1-3-6-10/h1-8,11,14H,9H2,(H,18,20). The second kappa shape index (κ2) is 4.28. The van der Waals surface area contributed by atoms with Gasteiger partial charge in [-0.25, -0.2) is 4.39 Å². The van der Waals surface area contributed by atoms with Gasteiger partial charge in [0.2, 0.25) is 0 Å². The Morgan fingerprint density at radius 2 is 1.90 bits per heavy atom. The number of hydrogen-bond donors (Lipinski definition) is 1. The van der Waals surface area contributed by atoms with Crippen molar-refractivity contribution in [1.82, 2.24) is 9.55 Å². The average molecular weight is 284 g/mol. The lowest BCUT2D eigenvalue weighted by molar-refractivity contribution is 0.637. The van der Waals surface area contributed by atoms with E-state index < -0.39 is 0 Å². The first-order valence-electron chi connectivity index (χ1n) is 6.69. The topological polar surface area (TPSA) is 20.7 Å². The molecule has 0 bridgehead atoms. The van der Waals surface area contributed by atoms with Gasteiger partial charge >= 0.3 is 0 Å². The Kier molecular flexibility index (Phi) is 2.54. The Balaban J connectivity index is 1.80. The van der Waals surface area contributed by atoms with E-state index in [-0.39, 0.29) is 5.82 Å². The van der Waals surface area contributed by atoms with E-state index in [1.54, 1.807) is 6.07 Å². The minimum atomic E-state index is -0.246. The summed E-state index contributed by atoms with van der Waals surface area (Å²) in [5.74, 6) is 0.231. The molecule has 3 aromatic rings. The van der Waals surface area contributed by atoms with E-state index in [0.29, 0.717) is 22.2 Å². The molecule has 1 aliphatic rings. The highest BCUT2D eigenvalue weighted by Gasteiger charge is 2.41. The Labute approximate surface area is 120 Å². The molecule has 2 aromatic carbocycles. The average Bonchev–Trinajstić information content (AvgIpc) is 3.17. The van der Waals surface area contributed by atoms with Crippen molar-refractivity contribution in [3.63, 3.8) is 0 Å². The SMILES string of the molecule is Fc1cccc2c1[nH]c(=S)n2C1CC1c1ccccc1. The van der Waals surface area contributed by atoms with E-state index in [0.717, 1.165) is 11.9 Å². The van der Waals surface area contributed by atoms with Crippen LogP contribution in [-0.2, 0) is 0 Å². The predicted octanol–water partition coefficient (Wildman–Crippen LogP) is 4.57. The lowest BCUT2D eigenvalue weighted by atomic mass is 10.1. The first-order chi connectivity index (χ1) is 9.75. The summed E-state index contributed by atoms with van der Waals surface area (Å²) in [6.07, 6.45) is 1.06. The van der Waals surface area contributed by atoms with E-state index in [1.165, 1.54) is 11.6 Å². The summed E-state index contributed by atoms with van der Waals surface area (Å²) in [7, 11) is 0. The maximum Gasteiger partial charge on any atom is 0.178 e. The van der Waals surface area contributed by atoms with Crippen LogP contribution in [0.25, 0.3) is 11.0 Å². The number of nitrogens with one attached hydrogen (secondary N) is 1. The number of imidazole rings is 1. The molecule has 4 heteroatoms. The first-order valence-corrected chi connectivity index (χ1v) is 7.10. The van der Waals surface area contributed by atoms with E-state index in [4.69, 9.17) is 12.2 Å². The van der Waals surface area contributed by atoms with E-state index in [1.807, 2.05) is 12.1 Å². The number of halogens is 1. The van der Waals surface area contributed by atoms with Gasteiger partial charge in [-0.1, -0.05) is 36.4 Å². The summed E-state index contributed by atoms with van der Waals surface area (Å²) in [5.41, 5.74) is 2.69. The summed E-state index contributed by atoms with van der Waals surface area (Å²) in [4.78, 5) is 2.99. The molecule has 1 aliphatic carbocycles. The molecular formula is C16H13FN2S. The van der Waals surface area contributed by atoms with Crippen molar-refractivity contribution in [2.45, 2.75) is 18.4 Å². The minimum absolute atomic E-state index is 0.246. The number of rotatable bonds is 2. The molecule has 1 N–H and O–H groups in total. The van der Waals surface area contributed by atoms with Crippen LogP contribution in [0.2, 0.25) is 0 Å². The second-order valence-electron chi connectivity index (χ2n) is 5.25. The maximum absolute atomic E-state index is 13.8. The molecule has 0 radical (unpaired) electrons. The molecule has 2 atom stereocenters. The molecular weight excluding hydrogens is 271 g/mol. The fraction of sp³-hybridized carbons (Fsp3) is 0.188. The summed E-state index contributed by atoms with van der Waals surface area (Å²) >= 11 is 5.37. The summed E-state index contributed by atoms with van der Waals surface area (Å²) < 4.78 is 16.5. The number of aromatic nitrogens is 2. The summed E-state index contributed by atoms with van der Waals surface area (Å²) in [6.45, 7) is 0. The lowest BCUT2D eigenvalue weighted by Gasteiger charge is -2.04. The van der Waals surface area contributed by atoms with Crippen LogP contribution in [0, 0.1) is 10.6 Å². The molecule has 100 valence electrons. The van der Waals surface area contributed by atoms with Crippen LogP contribution in [-0.4, -0.2) is 9.55 Å². The lowest BCUT2D eigenvalue weighted by Crippen LogP contribution is -1.96. The normalized spacial score (nSPS) is 21.2. The molecule has 0 aliphatic heterocycles. The van der Waals surface area contributed by atoms with Crippen LogP contribution in [0.3, 0.4) is 0 Å². The number of nitrogens with zero attached hydrogens (tertiary/aromatic N) is 1. The second-order valence-corrected chi connectivity index (χ2v) is 5.64. The Bertz CT molecular complexity index is 835. The molecule has 0 spiro atoms.